The monoisotopic (exact) mass is 424 g/mol. The fraction of sp³-hybridized carbons (Fsp3) is 0.190. The third kappa shape index (κ3) is 4.52. The van der Waals surface area contributed by atoms with Gasteiger partial charge >= 0.3 is 0 Å². The Morgan fingerprint density at radius 2 is 1.78 bits per heavy atom. The van der Waals surface area contributed by atoms with Crippen LogP contribution in [-0.2, 0) is 17.6 Å². The number of nitrogens with zero attached hydrogens (tertiary/aromatic N) is 3. The highest BCUT2D eigenvalue weighted by molar-refractivity contribution is 9.10. The molecule has 0 saturated carbocycles. The lowest BCUT2D eigenvalue weighted by atomic mass is 10.1. The van der Waals surface area contributed by atoms with Crippen molar-refractivity contribution in [2.45, 2.75) is 19.8 Å². The van der Waals surface area contributed by atoms with Crippen molar-refractivity contribution in [1.29, 1.82) is 0 Å². The number of carbonyl (C=O) groups is 1. The minimum absolute atomic E-state index is 0.0263. The van der Waals surface area contributed by atoms with Gasteiger partial charge < -0.3 is 5.73 Å². The molecule has 1 heterocycles. The van der Waals surface area contributed by atoms with Crippen LogP contribution in [-0.4, -0.2) is 22.9 Å². The van der Waals surface area contributed by atoms with Gasteiger partial charge in [0.2, 0.25) is 5.91 Å². The van der Waals surface area contributed by atoms with Gasteiger partial charge in [0.15, 0.2) is 5.82 Å². The standard InChI is InChI=1S/C21H21BrN4O/c1-3-18-21(24-13-19(25-18)15-6-10-17(23)11-7-15)26(2)20(27)12-14-4-8-16(22)9-5-14/h4-11,13H,3,12,23H2,1-2H3. The fourth-order valence-electron chi connectivity index (χ4n) is 2.74. The SMILES string of the molecule is CCc1nc(-c2ccc(N)cc2)cnc1N(C)C(=O)Cc1ccc(Br)cc1. The lowest BCUT2D eigenvalue weighted by molar-refractivity contribution is -0.117. The van der Waals surface area contributed by atoms with E-state index < -0.39 is 0 Å². The molecule has 0 spiro atoms. The summed E-state index contributed by atoms with van der Waals surface area (Å²) in [5.41, 5.74) is 9.91. The van der Waals surface area contributed by atoms with E-state index in [2.05, 4.69) is 20.9 Å². The van der Waals surface area contributed by atoms with Crippen LogP contribution in [0, 0.1) is 0 Å². The summed E-state index contributed by atoms with van der Waals surface area (Å²) >= 11 is 3.41. The molecule has 138 valence electrons. The second-order valence-corrected chi connectivity index (χ2v) is 7.17. The fourth-order valence-corrected chi connectivity index (χ4v) is 3.01. The average Bonchev–Trinajstić information content (AvgIpc) is 2.69. The van der Waals surface area contributed by atoms with E-state index in [9.17, 15) is 4.79 Å². The normalized spacial score (nSPS) is 10.6. The van der Waals surface area contributed by atoms with Crippen molar-refractivity contribution in [2.24, 2.45) is 0 Å². The first-order chi connectivity index (χ1) is 13.0. The Bertz CT molecular complexity index is 939. The number of rotatable bonds is 5. The second kappa shape index (κ2) is 8.31. The van der Waals surface area contributed by atoms with Gasteiger partial charge in [-0.1, -0.05) is 47.1 Å². The van der Waals surface area contributed by atoms with Crippen molar-refractivity contribution in [3.63, 3.8) is 0 Å². The van der Waals surface area contributed by atoms with Gasteiger partial charge in [-0.2, -0.15) is 0 Å². The second-order valence-electron chi connectivity index (χ2n) is 6.26. The topological polar surface area (TPSA) is 72.1 Å². The summed E-state index contributed by atoms with van der Waals surface area (Å²) in [5, 5.41) is 0. The van der Waals surface area contributed by atoms with Crippen LogP contribution in [0.5, 0.6) is 0 Å². The summed E-state index contributed by atoms with van der Waals surface area (Å²) in [5.74, 6) is 0.570. The Hall–Kier alpha value is -2.73. The third-order valence-corrected chi connectivity index (χ3v) is 4.85. The van der Waals surface area contributed by atoms with E-state index >= 15 is 0 Å². The number of hydrogen-bond acceptors (Lipinski definition) is 4. The quantitative estimate of drug-likeness (QED) is 0.621. The number of halogens is 1. The van der Waals surface area contributed by atoms with E-state index in [1.54, 1.807) is 18.1 Å². The molecule has 1 amide bonds. The van der Waals surface area contributed by atoms with E-state index in [4.69, 9.17) is 10.7 Å². The van der Waals surface area contributed by atoms with Crippen LogP contribution in [0.3, 0.4) is 0 Å². The number of likely N-dealkylation sites (N-methyl/N-ethyl adjacent to an activating group) is 1. The molecule has 3 aromatic rings. The number of hydrogen-bond donors (Lipinski definition) is 1. The molecule has 1 aromatic heterocycles. The van der Waals surface area contributed by atoms with E-state index in [1.165, 1.54) is 0 Å². The molecular formula is C21H21BrN4O. The van der Waals surface area contributed by atoms with E-state index in [1.807, 2.05) is 55.5 Å². The van der Waals surface area contributed by atoms with Gasteiger partial charge in [0, 0.05) is 22.8 Å². The first kappa shape index (κ1) is 19.0. The minimum atomic E-state index is -0.0263. The summed E-state index contributed by atoms with van der Waals surface area (Å²) in [6.07, 6.45) is 2.69. The molecule has 0 bridgehead atoms. The number of nitrogens with two attached hydrogens (primary N) is 1. The number of aromatic nitrogens is 2. The van der Waals surface area contributed by atoms with Crippen molar-refractivity contribution in [2.75, 3.05) is 17.7 Å². The van der Waals surface area contributed by atoms with Gasteiger partial charge in [-0.05, 0) is 36.2 Å². The molecule has 27 heavy (non-hydrogen) atoms. The summed E-state index contributed by atoms with van der Waals surface area (Å²) < 4.78 is 0.990. The van der Waals surface area contributed by atoms with Crippen LogP contribution in [0.15, 0.2) is 59.2 Å². The predicted molar refractivity (Wildman–Crippen MR) is 113 cm³/mol. The maximum Gasteiger partial charge on any atom is 0.232 e. The molecule has 0 saturated heterocycles. The maximum absolute atomic E-state index is 12.7. The highest BCUT2D eigenvalue weighted by atomic mass is 79.9. The molecule has 3 rings (SSSR count). The maximum atomic E-state index is 12.7. The van der Waals surface area contributed by atoms with Crippen LogP contribution in [0.2, 0.25) is 0 Å². The van der Waals surface area contributed by atoms with Crippen LogP contribution in [0.1, 0.15) is 18.2 Å². The molecule has 0 unspecified atom stereocenters. The van der Waals surface area contributed by atoms with Gasteiger partial charge in [0.25, 0.3) is 0 Å². The van der Waals surface area contributed by atoms with Gasteiger partial charge in [0.1, 0.15) is 0 Å². The van der Waals surface area contributed by atoms with E-state index in [0.29, 0.717) is 24.3 Å². The van der Waals surface area contributed by atoms with Gasteiger partial charge in [-0.15, -0.1) is 0 Å². The molecule has 0 aliphatic carbocycles. The highest BCUT2D eigenvalue weighted by Gasteiger charge is 2.17. The summed E-state index contributed by atoms with van der Waals surface area (Å²) in [6, 6.07) is 15.2. The largest absolute Gasteiger partial charge is 0.399 e. The van der Waals surface area contributed by atoms with E-state index in [-0.39, 0.29) is 5.91 Å². The first-order valence-electron chi connectivity index (χ1n) is 8.70. The molecule has 0 radical (unpaired) electrons. The van der Waals surface area contributed by atoms with Crippen LogP contribution >= 0.6 is 15.9 Å². The van der Waals surface area contributed by atoms with Crippen LogP contribution in [0.4, 0.5) is 11.5 Å². The number of aryl methyl sites for hydroxylation is 1. The zero-order valence-corrected chi connectivity index (χ0v) is 16.9. The number of anilines is 2. The summed E-state index contributed by atoms with van der Waals surface area (Å²) in [7, 11) is 1.74. The van der Waals surface area contributed by atoms with Gasteiger partial charge in [-0.25, -0.2) is 9.97 Å². The van der Waals surface area contributed by atoms with Crippen molar-refractivity contribution < 1.29 is 4.79 Å². The molecular weight excluding hydrogens is 404 g/mol. The van der Waals surface area contributed by atoms with Crippen molar-refractivity contribution in [1.82, 2.24) is 9.97 Å². The Labute approximate surface area is 167 Å². The minimum Gasteiger partial charge on any atom is -0.399 e. The number of nitrogen functional groups attached to an aromatic ring is 1. The predicted octanol–water partition coefficient (Wildman–Crippen LogP) is 4.26. The van der Waals surface area contributed by atoms with Crippen molar-refractivity contribution in [3.8, 4) is 11.3 Å². The van der Waals surface area contributed by atoms with Crippen molar-refractivity contribution in [3.05, 3.63) is 70.5 Å². The number of carbonyl (C=O) groups excluding carboxylic acids is 1. The zero-order valence-electron chi connectivity index (χ0n) is 15.3. The highest BCUT2D eigenvalue weighted by Crippen LogP contribution is 2.23. The molecule has 5 nitrogen and oxygen atoms in total. The van der Waals surface area contributed by atoms with E-state index in [0.717, 1.165) is 27.0 Å². The molecule has 6 heteroatoms. The molecule has 0 aliphatic rings. The van der Waals surface area contributed by atoms with Crippen molar-refractivity contribution >= 4 is 33.3 Å². The summed E-state index contributed by atoms with van der Waals surface area (Å²) in [6.45, 7) is 2.01. The Balaban J connectivity index is 1.83. The first-order valence-corrected chi connectivity index (χ1v) is 9.50. The summed E-state index contributed by atoms with van der Waals surface area (Å²) in [4.78, 5) is 23.5. The average molecular weight is 425 g/mol. The Kier molecular flexibility index (Phi) is 5.86. The van der Waals surface area contributed by atoms with Gasteiger partial charge in [0.05, 0.1) is 24.0 Å². The molecule has 2 N–H and O–H groups in total. The smallest absolute Gasteiger partial charge is 0.232 e. The van der Waals surface area contributed by atoms with Crippen LogP contribution in [0.25, 0.3) is 11.3 Å². The molecule has 0 atom stereocenters. The molecule has 2 aromatic carbocycles. The Morgan fingerprint density at radius 3 is 2.41 bits per heavy atom. The number of amides is 1. The van der Waals surface area contributed by atoms with Crippen LogP contribution < -0.4 is 10.6 Å². The molecule has 0 aliphatic heterocycles. The van der Waals surface area contributed by atoms with Gasteiger partial charge in [-0.3, -0.25) is 9.69 Å². The lowest BCUT2D eigenvalue weighted by Gasteiger charge is -2.19. The Morgan fingerprint density at radius 1 is 1.11 bits per heavy atom. The third-order valence-electron chi connectivity index (χ3n) is 4.32. The molecule has 0 fully saturated rings. The zero-order chi connectivity index (χ0) is 19.4. The number of benzene rings is 2. The lowest BCUT2D eigenvalue weighted by Crippen LogP contribution is -2.30.